The minimum atomic E-state index is 0.246. The lowest BCUT2D eigenvalue weighted by atomic mass is 10.1. The molecule has 0 amide bonds. The molecule has 2 aromatic rings. The first kappa shape index (κ1) is 13.5. The van der Waals surface area contributed by atoms with Gasteiger partial charge >= 0.3 is 0 Å². The Morgan fingerprint density at radius 1 is 1.21 bits per heavy atom. The monoisotopic (exact) mass is 317 g/mol. The van der Waals surface area contributed by atoms with E-state index in [1.807, 2.05) is 39.0 Å². The molecule has 0 unspecified atom stereocenters. The van der Waals surface area contributed by atoms with Crippen molar-refractivity contribution in [2.75, 3.05) is 0 Å². The van der Waals surface area contributed by atoms with Crippen LogP contribution >= 0.6 is 15.9 Å². The Hall–Kier alpha value is -1.93. The summed E-state index contributed by atoms with van der Waals surface area (Å²) in [5, 5.41) is 17.2. The lowest BCUT2D eigenvalue weighted by Gasteiger charge is -2.10. The molecule has 1 aromatic carbocycles. The molecule has 1 aromatic heterocycles. The van der Waals surface area contributed by atoms with Crippen molar-refractivity contribution in [3.8, 4) is 17.7 Å². The molecule has 0 saturated heterocycles. The molecule has 5 heteroatoms. The van der Waals surface area contributed by atoms with E-state index in [1.165, 1.54) is 0 Å². The van der Waals surface area contributed by atoms with Gasteiger partial charge in [0.15, 0.2) is 0 Å². The van der Waals surface area contributed by atoms with Gasteiger partial charge in [-0.25, -0.2) is 0 Å². The smallest absolute Gasteiger partial charge is 0.257 e. The lowest BCUT2D eigenvalue weighted by molar-refractivity contribution is 0.448. The van der Waals surface area contributed by atoms with E-state index in [0.717, 1.165) is 21.3 Å². The van der Waals surface area contributed by atoms with Gasteiger partial charge in [-0.05, 0) is 50.1 Å². The molecular weight excluding hydrogens is 306 g/mol. The lowest BCUT2D eigenvalue weighted by Crippen LogP contribution is -2.01. The summed E-state index contributed by atoms with van der Waals surface area (Å²) in [6.07, 6.45) is 0. The molecule has 0 aliphatic heterocycles. The molecule has 2 rings (SSSR count). The average molecular weight is 318 g/mol. The second-order valence-electron chi connectivity index (χ2n) is 4.21. The molecule has 4 nitrogen and oxygen atoms in total. The summed E-state index contributed by atoms with van der Waals surface area (Å²) < 4.78 is 6.68. The summed E-state index contributed by atoms with van der Waals surface area (Å²) >= 11 is 3.40. The Morgan fingerprint density at radius 3 is 2.58 bits per heavy atom. The van der Waals surface area contributed by atoms with Crippen LogP contribution in [0, 0.1) is 32.1 Å². The Balaban J connectivity index is 2.44. The number of hydrogen-bond acceptors (Lipinski definition) is 4. The average Bonchev–Trinajstić information content (AvgIpc) is 2.37. The minimum absolute atomic E-state index is 0.246. The third-order valence-corrected chi connectivity index (χ3v) is 3.37. The quantitative estimate of drug-likeness (QED) is 0.844. The van der Waals surface area contributed by atoms with E-state index in [-0.39, 0.29) is 5.88 Å². The topological polar surface area (TPSA) is 58.8 Å². The van der Waals surface area contributed by atoms with E-state index in [0.29, 0.717) is 11.3 Å². The Kier molecular flexibility index (Phi) is 3.82. The van der Waals surface area contributed by atoms with Crippen LogP contribution in [0.25, 0.3) is 0 Å². The SMILES string of the molecule is Cc1cc(Br)ccc1Oc1nnc(C)c(C)c1C#N. The third kappa shape index (κ3) is 2.74. The second kappa shape index (κ2) is 5.37. The van der Waals surface area contributed by atoms with Gasteiger partial charge in [0.2, 0.25) is 0 Å². The largest absolute Gasteiger partial charge is 0.436 e. The fraction of sp³-hybridized carbons (Fsp3) is 0.214. The number of ether oxygens (including phenoxy) is 1. The Labute approximate surface area is 120 Å². The fourth-order valence-corrected chi connectivity index (χ4v) is 2.10. The second-order valence-corrected chi connectivity index (χ2v) is 5.13. The number of hydrogen-bond donors (Lipinski definition) is 0. The number of rotatable bonds is 2. The predicted octanol–water partition coefficient (Wildman–Crippen LogP) is 3.83. The molecular formula is C14H12BrN3O. The summed E-state index contributed by atoms with van der Waals surface area (Å²) in [4.78, 5) is 0. The molecule has 0 N–H and O–H groups in total. The van der Waals surface area contributed by atoms with E-state index >= 15 is 0 Å². The molecule has 0 aliphatic rings. The highest BCUT2D eigenvalue weighted by Gasteiger charge is 2.13. The van der Waals surface area contributed by atoms with Crippen LogP contribution in [-0.4, -0.2) is 10.2 Å². The summed E-state index contributed by atoms with van der Waals surface area (Å²) in [7, 11) is 0. The number of benzene rings is 1. The van der Waals surface area contributed by atoms with Gasteiger partial charge in [0.25, 0.3) is 5.88 Å². The summed E-state index contributed by atoms with van der Waals surface area (Å²) in [5.74, 6) is 0.910. The summed E-state index contributed by atoms with van der Waals surface area (Å²) in [5.41, 5.74) is 2.91. The van der Waals surface area contributed by atoms with Gasteiger partial charge in [-0.3, -0.25) is 0 Å². The highest BCUT2D eigenvalue weighted by Crippen LogP contribution is 2.29. The first-order valence-electron chi connectivity index (χ1n) is 5.71. The van der Waals surface area contributed by atoms with Crippen LogP contribution in [0.2, 0.25) is 0 Å². The van der Waals surface area contributed by atoms with Gasteiger partial charge in [0.05, 0.1) is 5.69 Å². The number of aryl methyl sites for hydroxylation is 2. The fourth-order valence-electron chi connectivity index (χ4n) is 1.62. The van der Waals surface area contributed by atoms with Crippen molar-refractivity contribution in [2.45, 2.75) is 20.8 Å². The maximum Gasteiger partial charge on any atom is 0.257 e. The molecule has 96 valence electrons. The van der Waals surface area contributed by atoms with Crippen molar-refractivity contribution in [3.63, 3.8) is 0 Å². The van der Waals surface area contributed by atoms with Crippen LogP contribution in [0.1, 0.15) is 22.4 Å². The highest BCUT2D eigenvalue weighted by molar-refractivity contribution is 9.10. The highest BCUT2D eigenvalue weighted by atomic mass is 79.9. The molecule has 0 radical (unpaired) electrons. The van der Waals surface area contributed by atoms with Gasteiger partial charge < -0.3 is 4.74 Å². The molecule has 0 aliphatic carbocycles. The Bertz CT molecular complexity index is 677. The van der Waals surface area contributed by atoms with Crippen LogP contribution in [0.4, 0.5) is 0 Å². The minimum Gasteiger partial charge on any atom is -0.436 e. The van der Waals surface area contributed by atoms with Crippen LogP contribution in [-0.2, 0) is 0 Å². The molecule has 0 bridgehead atoms. The zero-order valence-electron chi connectivity index (χ0n) is 10.9. The van der Waals surface area contributed by atoms with Gasteiger partial charge in [0.1, 0.15) is 17.4 Å². The standard InChI is InChI=1S/C14H12BrN3O/c1-8-6-11(15)4-5-13(8)19-14-12(7-16)9(2)10(3)17-18-14/h4-6H,1-3H3. The van der Waals surface area contributed by atoms with Crippen molar-refractivity contribution < 1.29 is 4.74 Å². The van der Waals surface area contributed by atoms with E-state index in [2.05, 4.69) is 32.2 Å². The van der Waals surface area contributed by atoms with Crippen molar-refractivity contribution in [1.29, 1.82) is 5.26 Å². The van der Waals surface area contributed by atoms with Crippen LogP contribution in [0.15, 0.2) is 22.7 Å². The van der Waals surface area contributed by atoms with Crippen molar-refractivity contribution in [2.24, 2.45) is 0 Å². The molecule has 0 saturated carbocycles. The van der Waals surface area contributed by atoms with Crippen molar-refractivity contribution >= 4 is 15.9 Å². The Morgan fingerprint density at radius 2 is 1.95 bits per heavy atom. The summed E-state index contributed by atoms with van der Waals surface area (Å²) in [6, 6.07) is 7.77. The maximum atomic E-state index is 9.21. The number of nitrogens with zero attached hydrogens (tertiary/aromatic N) is 3. The van der Waals surface area contributed by atoms with Crippen molar-refractivity contribution in [1.82, 2.24) is 10.2 Å². The van der Waals surface area contributed by atoms with Crippen LogP contribution < -0.4 is 4.74 Å². The first-order valence-corrected chi connectivity index (χ1v) is 6.50. The number of nitriles is 1. The van der Waals surface area contributed by atoms with E-state index in [1.54, 1.807) is 0 Å². The normalized spacial score (nSPS) is 10.1. The van der Waals surface area contributed by atoms with Gasteiger partial charge in [-0.15, -0.1) is 5.10 Å². The predicted molar refractivity (Wildman–Crippen MR) is 75.2 cm³/mol. The molecule has 0 fully saturated rings. The van der Waals surface area contributed by atoms with Crippen LogP contribution in [0.5, 0.6) is 11.6 Å². The van der Waals surface area contributed by atoms with Gasteiger partial charge in [0, 0.05) is 4.47 Å². The van der Waals surface area contributed by atoms with E-state index < -0.39 is 0 Å². The number of aromatic nitrogens is 2. The number of halogens is 1. The van der Waals surface area contributed by atoms with Gasteiger partial charge in [-0.2, -0.15) is 10.4 Å². The molecule has 0 spiro atoms. The van der Waals surface area contributed by atoms with Crippen LogP contribution in [0.3, 0.4) is 0 Å². The first-order chi connectivity index (χ1) is 9.02. The zero-order valence-corrected chi connectivity index (χ0v) is 12.4. The van der Waals surface area contributed by atoms with Gasteiger partial charge in [-0.1, -0.05) is 15.9 Å². The van der Waals surface area contributed by atoms with E-state index in [9.17, 15) is 5.26 Å². The van der Waals surface area contributed by atoms with E-state index in [4.69, 9.17) is 4.74 Å². The zero-order chi connectivity index (χ0) is 14.0. The molecule has 19 heavy (non-hydrogen) atoms. The third-order valence-electron chi connectivity index (χ3n) is 2.88. The summed E-state index contributed by atoms with van der Waals surface area (Å²) in [6.45, 7) is 5.59. The van der Waals surface area contributed by atoms with Crippen molar-refractivity contribution in [3.05, 3.63) is 45.1 Å². The maximum absolute atomic E-state index is 9.21. The molecule has 0 atom stereocenters. The molecule has 1 heterocycles.